The maximum Gasteiger partial charge on any atom is 0.231 e. The lowest BCUT2D eigenvalue weighted by Gasteiger charge is -2.11. The predicted octanol–water partition coefficient (Wildman–Crippen LogP) is 3.70. The highest BCUT2D eigenvalue weighted by Crippen LogP contribution is 2.40. The van der Waals surface area contributed by atoms with Crippen molar-refractivity contribution in [3.63, 3.8) is 0 Å². The number of rotatable bonds is 4. The maximum atomic E-state index is 5.43. The summed E-state index contributed by atoms with van der Waals surface area (Å²) in [5.74, 6) is 3.44. The molecule has 1 N–H and O–H groups in total. The average molecular weight is 326 g/mol. The number of hydrogen-bond donors (Lipinski definition) is 1. The Morgan fingerprint density at radius 3 is 3.00 bits per heavy atom. The van der Waals surface area contributed by atoms with Gasteiger partial charge in [-0.15, -0.1) is 0 Å². The number of ether oxygens (including phenoxy) is 2. The van der Waals surface area contributed by atoms with Crippen LogP contribution in [0.3, 0.4) is 0 Å². The van der Waals surface area contributed by atoms with E-state index in [9.17, 15) is 0 Å². The lowest BCUT2D eigenvalue weighted by atomic mass is 10.1. The topological polar surface area (TPSA) is 30.5 Å². The molecule has 1 aliphatic carbocycles. The van der Waals surface area contributed by atoms with Gasteiger partial charge in [-0.3, -0.25) is 0 Å². The molecule has 1 aromatic rings. The zero-order chi connectivity index (χ0) is 13.2. The summed E-state index contributed by atoms with van der Waals surface area (Å²) in [7, 11) is 0. The van der Waals surface area contributed by atoms with Crippen molar-refractivity contribution in [2.45, 2.75) is 32.7 Å². The fourth-order valence-corrected chi connectivity index (χ4v) is 3.66. The van der Waals surface area contributed by atoms with Crippen LogP contribution in [0.4, 0.5) is 0 Å². The summed E-state index contributed by atoms with van der Waals surface area (Å²) in [6.45, 7) is 4.69. The van der Waals surface area contributed by atoms with E-state index in [-0.39, 0.29) is 0 Å². The van der Waals surface area contributed by atoms with Gasteiger partial charge in [0.15, 0.2) is 11.5 Å². The molecule has 1 fully saturated rings. The number of fused-ring (bicyclic) bond motifs is 1. The highest BCUT2D eigenvalue weighted by Gasteiger charge is 2.21. The molecule has 0 saturated heterocycles. The Kier molecular flexibility index (Phi) is 3.99. The van der Waals surface area contributed by atoms with Crippen LogP contribution >= 0.6 is 15.9 Å². The summed E-state index contributed by atoms with van der Waals surface area (Å²) >= 11 is 3.53. The molecule has 3 rings (SSSR count). The Morgan fingerprint density at radius 1 is 1.32 bits per heavy atom. The molecule has 1 aliphatic heterocycles. The summed E-state index contributed by atoms with van der Waals surface area (Å²) in [4.78, 5) is 0. The molecule has 19 heavy (non-hydrogen) atoms. The average Bonchev–Trinajstić information content (AvgIpc) is 2.98. The van der Waals surface area contributed by atoms with Crippen LogP contribution in [-0.2, 0) is 6.54 Å². The zero-order valence-electron chi connectivity index (χ0n) is 11.2. The van der Waals surface area contributed by atoms with E-state index in [1.807, 2.05) is 0 Å². The number of nitrogens with one attached hydrogen (secondary N) is 1. The van der Waals surface area contributed by atoms with Crippen molar-refractivity contribution in [3.05, 3.63) is 22.2 Å². The third kappa shape index (κ3) is 3.06. The molecule has 104 valence electrons. The molecule has 2 unspecified atom stereocenters. The predicted molar refractivity (Wildman–Crippen MR) is 78.5 cm³/mol. The first-order chi connectivity index (χ1) is 9.22. The first-order valence-electron chi connectivity index (χ1n) is 7.01. The number of halogens is 1. The summed E-state index contributed by atoms with van der Waals surface area (Å²) in [6, 6.07) is 4.18. The van der Waals surface area contributed by atoms with Gasteiger partial charge in [0.1, 0.15) is 0 Å². The van der Waals surface area contributed by atoms with E-state index in [1.165, 1.54) is 24.8 Å². The van der Waals surface area contributed by atoms with Gasteiger partial charge in [0.25, 0.3) is 0 Å². The Hall–Kier alpha value is -0.740. The van der Waals surface area contributed by atoms with E-state index >= 15 is 0 Å². The zero-order valence-corrected chi connectivity index (χ0v) is 12.8. The van der Waals surface area contributed by atoms with Crippen molar-refractivity contribution < 1.29 is 9.47 Å². The van der Waals surface area contributed by atoms with Gasteiger partial charge in [-0.1, -0.05) is 13.3 Å². The molecule has 0 spiro atoms. The van der Waals surface area contributed by atoms with Gasteiger partial charge < -0.3 is 14.8 Å². The monoisotopic (exact) mass is 325 g/mol. The fraction of sp³-hybridized carbons (Fsp3) is 0.600. The van der Waals surface area contributed by atoms with Crippen LogP contribution in [0.15, 0.2) is 16.6 Å². The molecular weight excluding hydrogens is 306 g/mol. The smallest absolute Gasteiger partial charge is 0.231 e. The third-order valence-electron chi connectivity index (χ3n) is 4.05. The largest absolute Gasteiger partial charge is 0.454 e. The highest BCUT2D eigenvalue weighted by atomic mass is 79.9. The highest BCUT2D eigenvalue weighted by molar-refractivity contribution is 9.10. The van der Waals surface area contributed by atoms with Crippen molar-refractivity contribution in [2.24, 2.45) is 11.8 Å². The van der Waals surface area contributed by atoms with E-state index < -0.39 is 0 Å². The van der Waals surface area contributed by atoms with Crippen molar-refractivity contribution >= 4 is 15.9 Å². The van der Waals surface area contributed by atoms with Crippen molar-refractivity contribution in [1.82, 2.24) is 5.32 Å². The van der Waals surface area contributed by atoms with Crippen LogP contribution in [0.2, 0.25) is 0 Å². The molecular formula is C15H20BrNO2. The summed E-state index contributed by atoms with van der Waals surface area (Å²) in [5.41, 5.74) is 1.24. The van der Waals surface area contributed by atoms with Gasteiger partial charge in [-0.05, 0) is 64.8 Å². The first kappa shape index (κ1) is 13.3. The molecule has 3 nitrogen and oxygen atoms in total. The second-order valence-electron chi connectivity index (χ2n) is 5.73. The summed E-state index contributed by atoms with van der Waals surface area (Å²) < 4.78 is 11.8. The second kappa shape index (κ2) is 5.71. The normalized spacial score (nSPS) is 24.9. The molecule has 0 radical (unpaired) electrons. The van der Waals surface area contributed by atoms with E-state index in [0.717, 1.165) is 40.9 Å². The van der Waals surface area contributed by atoms with Gasteiger partial charge >= 0.3 is 0 Å². The lowest BCUT2D eigenvalue weighted by Crippen LogP contribution is -2.20. The van der Waals surface area contributed by atoms with Gasteiger partial charge in [-0.25, -0.2) is 0 Å². The minimum absolute atomic E-state index is 0.324. The first-order valence-corrected chi connectivity index (χ1v) is 7.80. The van der Waals surface area contributed by atoms with Crippen molar-refractivity contribution in [1.29, 1.82) is 0 Å². The van der Waals surface area contributed by atoms with E-state index in [2.05, 4.69) is 40.3 Å². The SMILES string of the molecule is CC1CCC(CNCc2cc(Br)c3c(c2)OCO3)C1. The van der Waals surface area contributed by atoms with Gasteiger partial charge in [0, 0.05) is 6.54 Å². The summed E-state index contributed by atoms with van der Waals surface area (Å²) in [5, 5.41) is 3.57. The lowest BCUT2D eigenvalue weighted by molar-refractivity contribution is 0.173. The fourth-order valence-electron chi connectivity index (χ4n) is 3.05. The maximum absolute atomic E-state index is 5.43. The number of hydrogen-bond acceptors (Lipinski definition) is 3. The molecule has 0 aromatic heterocycles. The molecule has 1 aromatic carbocycles. The van der Waals surface area contributed by atoms with Crippen LogP contribution in [-0.4, -0.2) is 13.3 Å². The molecule has 1 saturated carbocycles. The molecule has 0 bridgehead atoms. The van der Waals surface area contributed by atoms with Gasteiger partial charge in [0.05, 0.1) is 4.47 Å². The Morgan fingerprint density at radius 2 is 2.21 bits per heavy atom. The third-order valence-corrected chi connectivity index (χ3v) is 4.64. The molecule has 1 heterocycles. The molecule has 4 heteroatoms. The van der Waals surface area contributed by atoms with Crippen molar-refractivity contribution in [3.8, 4) is 11.5 Å². The number of benzene rings is 1. The molecule has 2 atom stereocenters. The Balaban J connectivity index is 1.54. The van der Waals surface area contributed by atoms with Gasteiger partial charge in [0.2, 0.25) is 6.79 Å². The second-order valence-corrected chi connectivity index (χ2v) is 6.58. The van der Waals surface area contributed by atoms with Gasteiger partial charge in [-0.2, -0.15) is 0 Å². The van der Waals surface area contributed by atoms with Crippen LogP contribution in [0, 0.1) is 11.8 Å². The minimum Gasteiger partial charge on any atom is -0.454 e. The van der Waals surface area contributed by atoms with Crippen LogP contribution in [0.25, 0.3) is 0 Å². The standard InChI is InChI=1S/C15H20BrNO2/c1-10-2-3-11(4-10)7-17-8-12-5-13(16)15-14(6-12)18-9-19-15/h5-6,10-11,17H,2-4,7-9H2,1H3. The van der Waals surface area contributed by atoms with Crippen LogP contribution < -0.4 is 14.8 Å². The Labute approximate surface area is 122 Å². The Bertz CT molecular complexity index is 464. The van der Waals surface area contributed by atoms with Crippen LogP contribution in [0.1, 0.15) is 31.7 Å². The van der Waals surface area contributed by atoms with E-state index in [0.29, 0.717) is 6.79 Å². The van der Waals surface area contributed by atoms with E-state index in [1.54, 1.807) is 0 Å². The minimum atomic E-state index is 0.324. The van der Waals surface area contributed by atoms with E-state index in [4.69, 9.17) is 9.47 Å². The quantitative estimate of drug-likeness (QED) is 0.915. The molecule has 0 amide bonds. The van der Waals surface area contributed by atoms with Crippen molar-refractivity contribution in [2.75, 3.05) is 13.3 Å². The molecule has 2 aliphatic rings. The summed E-state index contributed by atoms with van der Waals surface area (Å²) in [6.07, 6.45) is 4.14. The van der Waals surface area contributed by atoms with Crippen LogP contribution in [0.5, 0.6) is 11.5 Å².